The molecule has 1 aliphatic heterocycles. The van der Waals surface area contributed by atoms with Crippen molar-refractivity contribution in [3.05, 3.63) is 30.3 Å². The van der Waals surface area contributed by atoms with Gasteiger partial charge >= 0.3 is 0 Å². The van der Waals surface area contributed by atoms with Crippen molar-refractivity contribution in [2.45, 2.75) is 24.3 Å². The Morgan fingerprint density at radius 3 is 2.47 bits per heavy atom. The van der Waals surface area contributed by atoms with E-state index in [1.807, 2.05) is 19.9 Å². The summed E-state index contributed by atoms with van der Waals surface area (Å²) in [5.41, 5.74) is -0.167. The minimum atomic E-state index is -3.34. The predicted octanol–water partition coefficient (Wildman–Crippen LogP) is 1.06. The first kappa shape index (κ1) is 12.5. The number of benzene rings is 1. The van der Waals surface area contributed by atoms with Gasteiger partial charge in [-0.15, -0.1) is 0 Å². The van der Waals surface area contributed by atoms with Crippen molar-refractivity contribution in [2.24, 2.45) is 0 Å². The van der Waals surface area contributed by atoms with E-state index in [-0.39, 0.29) is 5.54 Å². The SMILES string of the molecule is CC1(C)CN(S(=O)(=O)c2ccccc2)CCN1. The van der Waals surface area contributed by atoms with Gasteiger partial charge in [0.1, 0.15) is 0 Å². The molecule has 5 heteroatoms. The number of hydrogen-bond donors (Lipinski definition) is 1. The van der Waals surface area contributed by atoms with Crippen LogP contribution in [0.25, 0.3) is 0 Å². The molecule has 1 aromatic rings. The van der Waals surface area contributed by atoms with Crippen molar-refractivity contribution in [3.8, 4) is 0 Å². The molecule has 1 fully saturated rings. The monoisotopic (exact) mass is 254 g/mol. The lowest BCUT2D eigenvalue weighted by atomic mass is 10.0. The third-order valence-corrected chi connectivity index (χ3v) is 4.78. The lowest BCUT2D eigenvalue weighted by molar-refractivity contribution is 0.233. The topological polar surface area (TPSA) is 49.4 Å². The van der Waals surface area contributed by atoms with E-state index in [4.69, 9.17) is 0 Å². The van der Waals surface area contributed by atoms with Gasteiger partial charge in [-0.05, 0) is 26.0 Å². The highest BCUT2D eigenvalue weighted by atomic mass is 32.2. The number of hydrogen-bond acceptors (Lipinski definition) is 3. The van der Waals surface area contributed by atoms with Crippen LogP contribution in [-0.2, 0) is 10.0 Å². The first-order valence-electron chi connectivity index (χ1n) is 5.72. The molecule has 0 bridgehead atoms. The highest BCUT2D eigenvalue weighted by molar-refractivity contribution is 7.89. The Bertz CT molecular complexity index is 482. The summed E-state index contributed by atoms with van der Waals surface area (Å²) < 4.78 is 26.3. The standard InChI is InChI=1S/C12H18N2O2S/c1-12(2)10-14(9-8-13-12)17(15,16)11-6-4-3-5-7-11/h3-7,13H,8-10H2,1-2H3. The van der Waals surface area contributed by atoms with Crippen LogP contribution in [0.15, 0.2) is 35.2 Å². The van der Waals surface area contributed by atoms with Crippen LogP contribution >= 0.6 is 0 Å². The highest BCUT2D eigenvalue weighted by Gasteiger charge is 2.33. The highest BCUT2D eigenvalue weighted by Crippen LogP contribution is 2.19. The van der Waals surface area contributed by atoms with Crippen molar-refractivity contribution in [2.75, 3.05) is 19.6 Å². The van der Waals surface area contributed by atoms with Gasteiger partial charge in [-0.25, -0.2) is 8.42 Å². The number of rotatable bonds is 2. The third-order valence-electron chi connectivity index (χ3n) is 2.92. The van der Waals surface area contributed by atoms with Crippen LogP contribution in [0.2, 0.25) is 0 Å². The van der Waals surface area contributed by atoms with Crippen LogP contribution < -0.4 is 5.32 Å². The Hall–Kier alpha value is -0.910. The predicted molar refractivity (Wildman–Crippen MR) is 67.3 cm³/mol. The molecule has 2 rings (SSSR count). The molecule has 0 unspecified atom stereocenters. The van der Waals surface area contributed by atoms with Crippen LogP contribution in [0.1, 0.15) is 13.8 Å². The molecule has 0 amide bonds. The first-order valence-corrected chi connectivity index (χ1v) is 7.16. The maximum Gasteiger partial charge on any atom is 0.243 e. The molecule has 0 aromatic heterocycles. The molecular weight excluding hydrogens is 236 g/mol. The van der Waals surface area contributed by atoms with Gasteiger partial charge in [-0.1, -0.05) is 18.2 Å². The minimum Gasteiger partial charge on any atom is -0.309 e. The van der Waals surface area contributed by atoms with Gasteiger partial charge in [0.15, 0.2) is 0 Å². The second-order valence-electron chi connectivity index (χ2n) is 4.96. The molecule has 4 nitrogen and oxygen atoms in total. The summed E-state index contributed by atoms with van der Waals surface area (Å²) in [7, 11) is -3.34. The Labute approximate surface area is 103 Å². The molecule has 0 radical (unpaired) electrons. The van der Waals surface area contributed by atoms with Gasteiger partial charge in [0, 0.05) is 25.2 Å². The van der Waals surface area contributed by atoms with Gasteiger partial charge in [-0.2, -0.15) is 4.31 Å². The summed E-state index contributed by atoms with van der Waals surface area (Å²) in [6.07, 6.45) is 0. The van der Waals surface area contributed by atoms with Crippen molar-refractivity contribution >= 4 is 10.0 Å². The van der Waals surface area contributed by atoms with E-state index in [1.165, 1.54) is 0 Å². The molecule has 1 saturated heterocycles. The fourth-order valence-electron chi connectivity index (χ4n) is 2.04. The largest absolute Gasteiger partial charge is 0.309 e. The Kier molecular flexibility index (Phi) is 3.25. The summed E-state index contributed by atoms with van der Waals surface area (Å²) in [6, 6.07) is 8.61. The summed E-state index contributed by atoms with van der Waals surface area (Å²) in [6.45, 7) is 5.75. The average Bonchev–Trinajstić information content (AvgIpc) is 2.29. The van der Waals surface area contributed by atoms with Crippen LogP contribution in [0, 0.1) is 0 Å². The van der Waals surface area contributed by atoms with Crippen molar-refractivity contribution in [3.63, 3.8) is 0 Å². The fraction of sp³-hybridized carbons (Fsp3) is 0.500. The van der Waals surface area contributed by atoms with Gasteiger partial charge in [-0.3, -0.25) is 0 Å². The Morgan fingerprint density at radius 1 is 1.24 bits per heavy atom. The minimum absolute atomic E-state index is 0.167. The summed E-state index contributed by atoms with van der Waals surface area (Å²) in [5.74, 6) is 0. The maximum absolute atomic E-state index is 12.4. The van der Waals surface area contributed by atoms with E-state index in [2.05, 4.69) is 5.32 Å². The number of sulfonamides is 1. The first-order chi connectivity index (χ1) is 7.92. The van der Waals surface area contributed by atoms with Crippen LogP contribution in [-0.4, -0.2) is 37.9 Å². The molecule has 0 aliphatic carbocycles. The lowest BCUT2D eigenvalue weighted by Crippen LogP contribution is -2.58. The van der Waals surface area contributed by atoms with E-state index < -0.39 is 10.0 Å². The van der Waals surface area contributed by atoms with Gasteiger partial charge in [0.2, 0.25) is 10.0 Å². The second kappa shape index (κ2) is 4.40. The number of piperazine rings is 1. The van der Waals surface area contributed by atoms with E-state index >= 15 is 0 Å². The molecule has 17 heavy (non-hydrogen) atoms. The molecule has 0 spiro atoms. The molecule has 0 atom stereocenters. The zero-order valence-corrected chi connectivity index (χ0v) is 11.0. The zero-order valence-electron chi connectivity index (χ0n) is 10.2. The van der Waals surface area contributed by atoms with Gasteiger partial charge < -0.3 is 5.32 Å². The normalized spacial score (nSPS) is 21.3. The smallest absolute Gasteiger partial charge is 0.243 e. The number of nitrogens with one attached hydrogen (secondary N) is 1. The molecule has 94 valence electrons. The zero-order chi connectivity index (χ0) is 12.5. The van der Waals surface area contributed by atoms with E-state index in [0.717, 1.165) is 0 Å². The molecule has 1 aromatic carbocycles. The van der Waals surface area contributed by atoms with Gasteiger partial charge in [0.25, 0.3) is 0 Å². The average molecular weight is 254 g/mol. The van der Waals surface area contributed by atoms with Crippen molar-refractivity contribution < 1.29 is 8.42 Å². The summed E-state index contributed by atoms with van der Waals surface area (Å²) >= 11 is 0. The Morgan fingerprint density at radius 2 is 1.88 bits per heavy atom. The number of nitrogens with zero attached hydrogens (tertiary/aromatic N) is 1. The molecule has 1 N–H and O–H groups in total. The lowest BCUT2D eigenvalue weighted by Gasteiger charge is -2.38. The molecule has 1 heterocycles. The van der Waals surface area contributed by atoms with Crippen molar-refractivity contribution in [1.29, 1.82) is 0 Å². The quantitative estimate of drug-likeness (QED) is 0.858. The van der Waals surface area contributed by atoms with Gasteiger partial charge in [0.05, 0.1) is 4.90 Å². The fourth-order valence-corrected chi connectivity index (χ4v) is 3.67. The van der Waals surface area contributed by atoms with Crippen LogP contribution in [0.3, 0.4) is 0 Å². The molecule has 0 saturated carbocycles. The third kappa shape index (κ3) is 2.68. The summed E-state index contributed by atoms with van der Waals surface area (Å²) in [5, 5.41) is 3.31. The van der Waals surface area contributed by atoms with Crippen LogP contribution in [0.4, 0.5) is 0 Å². The Balaban J connectivity index is 2.28. The van der Waals surface area contributed by atoms with E-state index in [9.17, 15) is 8.42 Å². The van der Waals surface area contributed by atoms with E-state index in [0.29, 0.717) is 24.5 Å². The summed E-state index contributed by atoms with van der Waals surface area (Å²) in [4.78, 5) is 0.373. The second-order valence-corrected chi connectivity index (χ2v) is 6.90. The molecule has 1 aliphatic rings. The van der Waals surface area contributed by atoms with Crippen molar-refractivity contribution in [1.82, 2.24) is 9.62 Å². The molecular formula is C12H18N2O2S. The van der Waals surface area contributed by atoms with E-state index in [1.54, 1.807) is 28.6 Å². The maximum atomic E-state index is 12.4. The van der Waals surface area contributed by atoms with Crippen LogP contribution in [0.5, 0.6) is 0 Å².